The predicted molar refractivity (Wildman–Crippen MR) is 107 cm³/mol. The molecule has 12 heteroatoms. The number of hydrogen-bond acceptors (Lipinski definition) is 9. The van der Waals surface area contributed by atoms with Gasteiger partial charge in [0.25, 0.3) is 5.91 Å². The third-order valence-corrected chi connectivity index (χ3v) is 5.21. The van der Waals surface area contributed by atoms with Crippen LogP contribution in [0.25, 0.3) is 0 Å². The number of halogens is 1. The zero-order chi connectivity index (χ0) is 21.5. The van der Waals surface area contributed by atoms with E-state index in [9.17, 15) is 14.3 Å². The van der Waals surface area contributed by atoms with E-state index in [2.05, 4.69) is 36.1 Å². The minimum absolute atomic E-state index is 0.0130. The Balaban J connectivity index is 1.45. The lowest BCUT2D eigenvalue weighted by Gasteiger charge is -2.06. The average molecular weight is 435 g/mol. The van der Waals surface area contributed by atoms with Crippen LogP contribution in [0.4, 0.5) is 4.39 Å². The molecule has 3 aromatic heterocycles. The second-order valence-electron chi connectivity index (χ2n) is 6.70. The normalized spacial score (nSPS) is 13.2. The molecule has 0 radical (unpaired) electrons. The van der Waals surface area contributed by atoms with Crippen molar-refractivity contribution < 1.29 is 14.3 Å². The smallest absolute Gasteiger partial charge is 0.282 e. The molecule has 0 spiro atoms. The Kier molecular flexibility index (Phi) is 7.49. The molecule has 10 nitrogen and oxygen atoms in total. The maximum absolute atomic E-state index is 14.3. The molecule has 0 bridgehead atoms. The number of aryl methyl sites for hydroxylation is 2. The summed E-state index contributed by atoms with van der Waals surface area (Å²) in [7, 11) is 1.58. The summed E-state index contributed by atoms with van der Waals surface area (Å²) in [5.41, 5.74) is 2.14. The summed E-state index contributed by atoms with van der Waals surface area (Å²) in [6, 6.07) is 3.78. The van der Waals surface area contributed by atoms with Crippen molar-refractivity contribution in [2.45, 2.75) is 45.3 Å². The second-order valence-corrected chi connectivity index (χ2v) is 7.76. The SMILES string of the molecule is CNC(O)c1cn(CC(F)CCc2nnc(C(=O)NCc3cc(C)ccn3)s2)nn1. The topological polar surface area (TPSA) is 131 Å². The van der Waals surface area contributed by atoms with E-state index in [1.165, 1.54) is 10.9 Å². The van der Waals surface area contributed by atoms with Crippen molar-refractivity contribution in [1.82, 2.24) is 40.8 Å². The van der Waals surface area contributed by atoms with Crippen LogP contribution < -0.4 is 10.6 Å². The van der Waals surface area contributed by atoms with Crippen molar-refractivity contribution in [3.63, 3.8) is 0 Å². The molecule has 3 N–H and O–H groups in total. The molecule has 30 heavy (non-hydrogen) atoms. The van der Waals surface area contributed by atoms with Gasteiger partial charge in [-0.15, -0.1) is 15.3 Å². The van der Waals surface area contributed by atoms with Crippen LogP contribution in [0, 0.1) is 6.92 Å². The largest absolute Gasteiger partial charge is 0.373 e. The molecular weight excluding hydrogens is 411 g/mol. The molecular formula is C18H23FN8O2S. The Bertz CT molecular complexity index is 979. The number of amides is 1. The number of aliphatic hydroxyl groups excluding tert-OH is 1. The van der Waals surface area contributed by atoms with Gasteiger partial charge in [-0.25, -0.2) is 9.07 Å². The minimum atomic E-state index is -1.18. The summed E-state index contributed by atoms with van der Waals surface area (Å²) in [6.45, 7) is 2.26. The summed E-state index contributed by atoms with van der Waals surface area (Å²) in [5, 5.41) is 31.3. The quantitative estimate of drug-likeness (QED) is 0.402. The van der Waals surface area contributed by atoms with Gasteiger partial charge in [-0.2, -0.15) is 0 Å². The number of rotatable bonds is 10. The Morgan fingerprint density at radius 2 is 2.20 bits per heavy atom. The van der Waals surface area contributed by atoms with Crippen LogP contribution in [0.15, 0.2) is 24.5 Å². The maximum Gasteiger partial charge on any atom is 0.282 e. The van der Waals surface area contributed by atoms with Crippen molar-refractivity contribution in [3.05, 3.63) is 51.5 Å². The van der Waals surface area contributed by atoms with Crippen molar-refractivity contribution in [2.24, 2.45) is 0 Å². The van der Waals surface area contributed by atoms with Crippen LogP contribution in [0.3, 0.4) is 0 Å². The van der Waals surface area contributed by atoms with Crippen LogP contribution in [0.1, 0.15) is 44.4 Å². The minimum Gasteiger partial charge on any atom is -0.373 e. The second kappa shape index (κ2) is 10.3. The first-order chi connectivity index (χ1) is 14.4. The van der Waals surface area contributed by atoms with Crippen LogP contribution in [0.2, 0.25) is 0 Å². The predicted octanol–water partition coefficient (Wildman–Crippen LogP) is 0.944. The summed E-state index contributed by atoms with van der Waals surface area (Å²) >= 11 is 1.14. The lowest BCUT2D eigenvalue weighted by Crippen LogP contribution is -2.23. The van der Waals surface area contributed by atoms with Crippen molar-refractivity contribution >= 4 is 17.2 Å². The number of carbonyl (C=O) groups excluding carboxylic acids is 1. The molecule has 1 amide bonds. The fraction of sp³-hybridized carbons (Fsp3) is 0.444. The van der Waals surface area contributed by atoms with Gasteiger partial charge in [0.1, 0.15) is 16.9 Å². The Hall–Kier alpha value is -2.83. The molecule has 0 aromatic carbocycles. The summed E-state index contributed by atoms with van der Waals surface area (Å²) in [5.74, 6) is -0.336. The summed E-state index contributed by atoms with van der Waals surface area (Å²) < 4.78 is 15.6. The molecule has 0 saturated carbocycles. The van der Waals surface area contributed by atoms with Gasteiger partial charge in [0, 0.05) is 12.6 Å². The highest BCUT2D eigenvalue weighted by Crippen LogP contribution is 2.15. The van der Waals surface area contributed by atoms with Gasteiger partial charge in [0.05, 0.1) is 25.0 Å². The molecule has 0 aliphatic carbocycles. The van der Waals surface area contributed by atoms with Gasteiger partial charge in [-0.05, 0) is 38.1 Å². The number of pyridine rings is 1. The number of alkyl halides is 1. The summed E-state index contributed by atoms with van der Waals surface area (Å²) in [4.78, 5) is 16.4. The molecule has 160 valence electrons. The van der Waals surface area contributed by atoms with Crippen LogP contribution >= 0.6 is 11.3 Å². The molecule has 0 aliphatic heterocycles. The van der Waals surface area contributed by atoms with Crippen molar-refractivity contribution in [2.75, 3.05) is 7.05 Å². The number of hydrogen-bond donors (Lipinski definition) is 3. The molecule has 3 heterocycles. The van der Waals surface area contributed by atoms with Crippen LogP contribution in [0.5, 0.6) is 0 Å². The number of nitrogens with zero attached hydrogens (tertiary/aromatic N) is 6. The summed E-state index contributed by atoms with van der Waals surface area (Å²) in [6.07, 6.45) is 1.62. The van der Waals surface area contributed by atoms with E-state index in [1.807, 2.05) is 19.1 Å². The molecule has 0 saturated heterocycles. The zero-order valence-corrected chi connectivity index (χ0v) is 17.4. The van der Waals surface area contributed by atoms with Gasteiger partial charge in [-0.3, -0.25) is 15.1 Å². The van der Waals surface area contributed by atoms with E-state index in [1.54, 1.807) is 13.2 Å². The van der Waals surface area contributed by atoms with Crippen molar-refractivity contribution in [1.29, 1.82) is 0 Å². The zero-order valence-electron chi connectivity index (χ0n) is 16.6. The Morgan fingerprint density at radius 3 is 2.97 bits per heavy atom. The molecule has 0 fully saturated rings. The fourth-order valence-corrected chi connectivity index (χ4v) is 3.41. The van der Waals surface area contributed by atoms with Crippen molar-refractivity contribution in [3.8, 4) is 0 Å². The Labute approximate surface area is 176 Å². The molecule has 0 aliphatic rings. The number of aromatic nitrogens is 6. The van der Waals surface area contributed by atoms with Gasteiger partial charge < -0.3 is 10.4 Å². The van der Waals surface area contributed by atoms with E-state index in [0.717, 1.165) is 22.6 Å². The van der Waals surface area contributed by atoms with E-state index in [0.29, 0.717) is 23.7 Å². The molecule has 3 aromatic rings. The third-order valence-electron chi connectivity index (χ3n) is 4.23. The first-order valence-corrected chi connectivity index (χ1v) is 10.2. The number of carbonyl (C=O) groups is 1. The first kappa shape index (κ1) is 21.9. The highest BCUT2D eigenvalue weighted by Gasteiger charge is 2.16. The van der Waals surface area contributed by atoms with E-state index in [4.69, 9.17) is 0 Å². The monoisotopic (exact) mass is 434 g/mol. The highest BCUT2D eigenvalue weighted by atomic mass is 32.1. The Morgan fingerprint density at radius 1 is 1.37 bits per heavy atom. The first-order valence-electron chi connectivity index (χ1n) is 9.36. The standard InChI is InChI=1S/C18H23FN8O2S/c1-11-5-6-21-13(7-11)8-22-17(29)18-25-24-15(30-18)4-3-12(19)9-27-10-14(23-26-27)16(28)20-2/h5-7,10,12,16,20,28H,3-4,8-9H2,1-2H3,(H,22,29). The van der Waals surface area contributed by atoms with E-state index >= 15 is 0 Å². The fourth-order valence-electron chi connectivity index (χ4n) is 2.64. The molecule has 3 rings (SSSR count). The maximum atomic E-state index is 14.3. The number of nitrogens with one attached hydrogen (secondary N) is 2. The molecule has 2 atom stereocenters. The third kappa shape index (κ3) is 6.08. The van der Waals surface area contributed by atoms with Crippen LogP contribution in [-0.2, 0) is 19.5 Å². The van der Waals surface area contributed by atoms with Crippen LogP contribution in [-0.4, -0.2) is 54.4 Å². The number of aliphatic hydroxyl groups is 1. The molecule has 2 unspecified atom stereocenters. The average Bonchev–Trinajstić information content (AvgIpc) is 3.40. The van der Waals surface area contributed by atoms with E-state index < -0.39 is 12.4 Å². The lowest BCUT2D eigenvalue weighted by molar-refractivity contribution is 0.0949. The van der Waals surface area contributed by atoms with Gasteiger partial charge in [-0.1, -0.05) is 16.6 Å². The van der Waals surface area contributed by atoms with Gasteiger partial charge in [0.15, 0.2) is 6.23 Å². The van der Waals surface area contributed by atoms with Gasteiger partial charge in [0.2, 0.25) is 5.01 Å². The van der Waals surface area contributed by atoms with Gasteiger partial charge >= 0.3 is 0 Å². The lowest BCUT2D eigenvalue weighted by atomic mass is 10.2. The highest BCUT2D eigenvalue weighted by molar-refractivity contribution is 7.13. The van der Waals surface area contributed by atoms with E-state index in [-0.39, 0.29) is 23.9 Å².